The van der Waals surface area contributed by atoms with Crippen LogP contribution in [-0.2, 0) is 0 Å². The summed E-state index contributed by atoms with van der Waals surface area (Å²) in [5, 5.41) is 5.96. The van der Waals surface area contributed by atoms with Crippen LogP contribution in [0.2, 0.25) is 0 Å². The monoisotopic (exact) mass is 266 g/mol. The standard InChI is InChI=1S/C16H18N4/c1-10(2)20-8-6-14(19-20)12-5-7-17-16-15(12)13(9-18-16)11-3-4-11/h5-11H,3-4H2,1-2H3,(H,17,18). The molecule has 0 aromatic carbocycles. The molecule has 0 aliphatic heterocycles. The smallest absolute Gasteiger partial charge is 0.138 e. The van der Waals surface area contributed by atoms with Crippen molar-refractivity contribution >= 4 is 11.0 Å². The number of aromatic amines is 1. The van der Waals surface area contributed by atoms with Gasteiger partial charge in [-0.1, -0.05) is 0 Å². The third-order valence-corrected chi connectivity index (χ3v) is 4.03. The zero-order valence-corrected chi connectivity index (χ0v) is 11.8. The number of rotatable bonds is 3. The van der Waals surface area contributed by atoms with E-state index >= 15 is 0 Å². The average Bonchev–Trinajstić information content (AvgIpc) is 3.02. The third kappa shape index (κ3) is 1.75. The predicted molar refractivity (Wildman–Crippen MR) is 79.7 cm³/mol. The first-order valence-corrected chi connectivity index (χ1v) is 7.25. The molecule has 1 fully saturated rings. The maximum absolute atomic E-state index is 4.71. The van der Waals surface area contributed by atoms with E-state index in [1.807, 2.05) is 10.9 Å². The Morgan fingerprint density at radius 1 is 1.30 bits per heavy atom. The average molecular weight is 266 g/mol. The molecule has 0 radical (unpaired) electrons. The molecule has 0 bridgehead atoms. The van der Waals surface area contributed by atoms with E-state index in [0.717, 1.165) is 11.3 Å². The lowest BCUT2D eigenvalue weighted by Gasteiger charge is -2.05. The van der Waals surface area contributed by atoms with Gasteiger partial charge < -0.3 is 4.98 Å². The third-order valence-electron chi connectivity index (χ3n) is 4.03. The molecule has 1 aliphatic carbocycles. The molecule has 0 spiro atoms. The first-order valence-electron chi connectivity index (χ1n) is 7.25. The second-order valence-electron chi connectivity index (χ2n) is 5.88. The fourth-order valence-corrected chi connectivity index (χ4v) is 2.78. The number of H-pyrrole nitrogens is 1. The van der Waals surface area contributed by atoms with Crippen LogP contribution < -0.4 is 0 Å². The lowest BCUT2D eigenvalue weighted by atomic mass is 10.0. The predicted octanol–water partition coefficient (Wildman–Crippen LogP) is 3.88. The number of hydrogen-bond donors (Lipinski definition) is 1. The van der Waals surface area contributed by atoms with Gasteiger partial charge in [0.2, 0.25) is 0 Å². The van der Waals surface area contributed by atoms with Gasteiger partial charge in [-0.3, -0.25) is 4.68 Å². The molecule has 0 atom stereocenters. The van der Waals surface area contributed by atoms with Crippen LogP contribution in [-0.4, -0.2) is 19.7 Å². The van der Waals surface area contributed by atoms with Gasteiger partial charge >= 0.3 is 0 Å². The molecule has 20 heavy (non-hydrogen) atoms. The minimum atomic E-state index is 0.384. The number of pyridine rings is 1. The van der Waals surface area contributed by atoms with Crippen LogP contribution in [0.3, 0.4) is 0 Å². The summed E-state index contributed by atoms with van der Waals surface area (Å²) >= 11 is 0. The number of fused-ring (bicyclic) bond motifs is 1. The Bertz CT molecular complexity index is 762. The van der Waals surface area contributed by atoms with Crippen molar-refractivity contribution in [3.8, 4) is 11.3 Å². The molecule has 0 saturated heterocycles. The molecule has 102 valence electrons. The molecular weight excluding hydrogens is 248 g/mol. The quantitative estimate of drug-likeness (QED) is 0.781. The van der Waals surface area contributed by atoms with Gasteiger partial charge in [0, 0.05) is 35.6 Å². The van der Waals surface area contributed by atoms with E-state index in [1.54, 1.807) is 0 Å². The highest BCUT2D eigenvalue weighted by Gasteiger charge is 2.28. The van der Waals surface area contributed by atoms with Crippen LogP contribution in [0.15, 0.2) is 30.7 Å². The number of aromatic nitrogens is 4. The number of nitrogens with zero attached hydrogens (tertiary/aromatic N) is 3. The maximum atomic E-state index is 4.71. The topological polar surface area (TPSA) is 46.5 Å². The van der Waals surface area contributed by atoms with Crippen molar-refractivity contribution in [2.45, 2.75) is 38.6 Å². The van der Waals surface area contributed by atoms with Gasteiger partial charge in [0.05, 0.1) is 5.69 Å². The zero-order valence-electron chi connectivity index (χ0n) is 11.8. The Labute approximate surface area is 117 Å². The highest BCUT2D eigenvalue weighted by molar-refractivity contribution is 5.95. The number of hydrogen-bond acceptors (Lipinski definition) is 2. The van der Waals surface area contributed by atoms with Crippen LogP contribution in [0.25, 0.3) is 22.3 Å². The lowest BCUT2D eigenvalue weighted by Crippen LogP contribution is -2.00. The van der Waals surface area contributed by atoms with Crippen molar-refractivity contribution in [1.82, 2.24) is 19.7 Å². The summed E-state index contributed by atoms with van der Waals surface area (Å²) in [5.74, 6) is 0.707. The SMILES string of the molecule is CC(C)n1ccc(-c2ccnc3[nH]cc(C4CC4)c23)n1. The van der Waals surface area contributed by atoms with Gasteiger partial charge in [0.15, 0.2) is 0 Å². The Hall–Kier alpha value is -2.10. The second-order valence-corrected chi connectivity index (χ2v) is 5.88. The fraction of sp³-hybridized carbons (Fsp3) is 0.375. The van der Waals surface area contributed by atoms with Crippen LogP contribution in [0.5, 0.6) is 0 Å². The van der Waals surface area contributed by atoms with Crippen molar-refractivity contribution in [3.63, 3.8) is 0 Å². The Morgan fingerprint density at radius 3 is 2.85 bits per heavy atom. The molecule has 4 nitrogen and oxygen atoms in total. The Morgan fingerprint density at radius 2 is 2.15 bits per heavy atom. The van der Waals surface area contributed by atoms with Crippen molar-refractivity contribution in [3.05, 3.63) is 36.3 Å². The van der Waals surface area contributed by atoms with Crippen molar-refractivity contribution in [2.75, 3.05) is 0 Å². The summed E-state index contributed by atoms with van der Waals surface area (Å²) in [6.45, 7) is 4.29. The Balaban J connectivity index is 1.91. The van der Waals surface area contributed by atoms with E-state index in [4.69, 9.17) is 5.10 Å². The Kier molecular flexibility index (Phi) is 2.46. The number of nitrogens with one attached hydrogen (secondary N) is 1. The molecule has 3 aromatic rings. The van der Waals surface area contributed by atoms with E-state index in [-0.39, 0.29) is 0 Å². The van der Waals surface area contributed by atoms with E-state index in [9.17, 15) is 0 Å². The van der Waals surface area contributed by atoms with E-state index in [0.29, 0.717) is 12.0 Å². The van der Waals surface area contributed by atoms with E-state index < -0.39 is 0 Å². The first-order chi connectivity index (χ1) is 9.74. The maximum Gasteiger partial charge on any atom is 0.138 e. The van der Waals surface area contributed by atoms with Gasteiger partial charge in [0.1, 0.15) is 5.65 Å². The molecule has 1 N–H and O–H groups in total. The molecule has 4 heteroatoms. The van der Waals surface area contributed by atoms with Crippen LogP contribution in [0, 0.1) is 0 Å². The molecule has 1 aliphatic rings. The fourth-order valence-electron chi connectivity index (χ4n) is 2.78. The van der Waals surface area contributed by atoms with E-state index in [2.05, 4.69) is 48.3 Å². The molecule has 1 saturated carbocycles. The minimum Gasteiger partial charge on any atom is -0.346 e. The highest BCUT2D eigenvalue weighted by Crippen LogP contribution is 2.45. The van der Waals surface area contributed by atoms with E-state index in [1.165, 1.54) is 29.4 Å². The van der Waals surface area contributed by atoms with Crippen LogP contribution in [0.1, 0.15) is 44.2 Å². The minimum absolute atomic E-state index is 0.384. The van der Waals surface area contributed by atoms with Gasteiger partial charge in [-0.05, 0) is 50.3 Å². The summed E-state index contributed by atoms with van der Waals surface area (Å²) in [4.78, 5) is 7.75. The van der Waals surface area contributed by atoms with Crippen LogP contribution >= 0.6 is 0 Å². The largest absolute Gasteiger partial charge is 0.346 e. The molecule has 3 aromatic heterocycles. The molecular formula is C16H18N4. The molecule has 0 amide bonds. The summed E-state index contributed by atoms with van der Waals surface area (Å²) in [5.41, 5.74) is 4.61. The highest BCUT2D eigenvalue weighted by atomic mass is 15.3. The van der Waals surface area contributed by atoms with Gasteiger partial charge in [-0.25, -0.2) is 4.98 Å². The van der Waals surface area contributed by atoms with Crippen molar-refractivity contribution in [1.29, 1.82) is 0 Å². The van der Waals surface area contributed by atoms with Crippen molar-refractivity contribution in [2.24, 2.45) is 0 Å². The molecule has 0 unspecified atom stereocenters. The summed E-state index contributed by atoms with van der Waals surface area (Å²) in [7, 11) is 0. The normalized spacial score (nSPS) is 15.3. The molecule has 3 heterocycles. The van der Waals surface area contributed by atoms with Crippen molar-refractivity contribution < 1.29 is 0 Å². The summed E-state index contributed by atoms with van der Waals surface area (Å²) in [6, 6.07) is 4.56. The van der Waals surface area contributed by atoms with Crippen LogP contribution in [0.4, 0.5) is 0 Å². The lowest BCUT2D eigenvalue weighted by molar-refractivity contribution is 0.534. The second kappa shape index (κ2) is 4.20. The first kappa shape index (κ1) is 11.7. The van der Waals surface area contributed by atoms with Gasteiger partial charge in [-0.2, -0.15) is 5.10 Å². The zero-order chi connectivity index (χ0) is 13.7. The summed E-state index contributed by atoms with van der Waals surface area (Å²) in [6.07, 6.45) is 8.62. The van der Waals surface area contributed by atoms with Gasteiger partial charge in [0.25, 0.3) is 0 Å². The molecule has 4 rings (SSSR count). The summed E-state index contributed by atoms with van der Waals surface area (Å²) < 4.78 is 2.01. The van der Waals surface area contributed by atoms with Gasteiger partial charge in [-0.15, -0.1) is 0 Å².